The van der Waals surface area contributed by atoms with Crippen molar-refractivity contribution in [2.24, 2.45) is 0 Å². The lowest BCUT2D eigenvalue weighted by Crippen LogP contribution is -2.23. The molecule has 3 rings (SSSR count). The number of nitrogens with zero attached hydrogens (tertiary/aromatic N) is 2. The monoisotopic (exact) mass is 367 g/mol. The highest BCUT2D eigenvalue weighted by atomic mass is 19.1. The van der Waals surface area contributed by atoms with Crippen LogP contribution in [0.5, 0.6) is 5.75 Å². The van der Waals surface area contributed by atoms with E-state index in [4.69, 9.17) is 4.74 Å². The maximum absolute atomic E-state index is 13.1. The van der Waals surface area contributed by atoms with Gasteiger partial charge in [0.1, 0.15) is 11.6 Å². The molecular weight excluding hydrogens is 345 g/mol. The number of hydrogen-bond donors (Lipinski definition) is 1. The Bertz CT molecular complexity index is 865. The van der Waals surface area contributed by atoms with Crippen molar-refractivity contribution < 1.29 is 13.9 Å². The van der Waals surface area contributed by atoms with E-state index in [-0.39, 0.29) is 11.7 Å². The number of carbonyl (C=O) groups excluding carboxylic acids is 1. The molecule has 1 N–H and O–H groups in total. The fraction of sp³-hybridized carbons (Fsp3) is 0.238. The third kappa shape index (κ3) is 6.26. The van der Waals surface area contributed by atoms with Crippen molar-refractivity contribution in [3.05, 3.63) is 83.9 Å². The molecule has 2 aromatic carbocycles. The molecule has 1 amide bonds. The molecule has 0 aliphatic rings. The molecule has 0 atom stereocenters. The molecule has 1 aromatic heterocycles. The Balaban J connectivity index is 1.37. The van der Waals surface area contributed by atoms with Gasteiger partial charge in [-0.3, -0.25) is 9.48 Å². The molecular formula is C21H22FN3O2. The lowest BCUT2D eigenvalue weighted by molar-refractivity contribution is -0.121. The molecule has 0 fully saturated rings. The summed E-state index contributed by atoms with van der Waals surface area (Å²) in [5.74, 6) is 0.111. The summed E-state index contributed by atoms with van der Waals surface area (Å²) in [6.07, 6.45) is 4.60. The first-order chi connectivity index (χ1) is 13.2. The molecule has 0 saturated heterocycles. The van der Waals surface area contributed by atoms with Crippen LogP contribution in [0, 0.1) is 5.82 Å². The quantitative estimate of drug-likeness (QED) is 0.589. The van der Waals surface area contributed by atoms with Crippen molar-refractivity contribution >= 4 is 5.91 Å². The van der Waals surface area contributed by atoms with Gasteiger partial charge in [-0.2, -0.15) is 5.10 Å². The number of benzene rings is 2. The first-order valence-electron chi connectivity index (χ1n) is 8.89. The highest BCUT2D eigenvalue weighted by molar-refractivity contribution is 5.75. The van der Waals surface area contributed by atoms with Crippen molar-refractivity contribution in [2.75, 3.05) is 6.61 Å². The second-order valence-corrected chi connectivity index (χ2v) is 6.21. The molecule has 0 bridgehead atoms. The molecule has 3 aromatic rings. The first kappa shape index (κ1) is 18.6. The summed E-state index contributed by atoms with van der Waals surface area (Å²) >= 11 is 0. The normalized spacial score (nSPS) is 10.6. The number of aromatic nitrogens is 2. The SMILES string of the molecule is O=C(CCCOc1cccc(F)c1)NCc1cccc(Cn2cccn2)c1. The van der Waals surface area contributed by atoms with Gasteiger partial charge in [-0.1, -0.05) is 30.3 Å². The van der Waals surface area contributed by atoms with E-state index in [0.717, 1.165) is 11.1 Å². The summed E-state index contributed by atoms with van der Waals surface area (Å²) < 4.78 is 20.3. The van der Waals surface area contributed by atoms with Crippen molar-refractivity contribution in [1.82, 2.24) is 15.1 Å². The maximum atomic E-state index is 13.1. The van der Waals surface area contributed by atoms with Crippen molar-refractivity contribution in [3.8, 4) is 5.75 Å². The number of halogens is 1. The zero-order valence-corrected chi connectivity index (χ0v) is 15.0. The predicted molar refractivity (Wildman–Crippen MR) is 101 cm³/mol. The second kappa shape index (κ2) is 9.52. The number of ether oxygens (including phenoxy) is 1. The van der Waals surface area contributed by atoms with Crippen LogP contribution in [0.4, 0.5) is 4.39 Å². The lowest BCUT2D eigenvalue weighted by atomic mass is 10.1. The fourth-order valence-corrected chi connectivity index (χ4v) is 2.69. The van der Waals surface area contributed by atoms with Gasteiger partial charge in [0, 0.05) is 31.4 Å². The van der Waals surface area contributed by atoms with Crippen LogP contribution in [0.3, 0.4) is 0 Å². The zero-order valence-electron chi connectivity index (χ0n) is 15.0. The van der Waals surface area contributed by atoms with Crippen LogP contribution in [-0.2, 0) is 17.9 Å². The average Bonchev–Trinajstić information content (AvgIpc) is 3.17. The molecule has 5 nitrogen and oxygen atoms in total. The molecule has 0 aliphatic carbocycles. The molecule has 0 radical (unpaired) electrons. The number of hydrogen-bond acceptors (Lipinski definition) is 3. The van der Waals surface area contributed by atoms with Gasteiger partial charge in [-0.25, -0.2) is 4.39 Å². The summed E-state index contributed by atoms with van der Waals surface area (Å²) in [6, 6.07) is 15.9. The smallest absolute Gasteiger partial charge is 0.220 e. The number of amides is 1. The Morgan fingerprint density at radius 1 is 1.11 bits per heavy atom. The Morgan fingerprint density at radius 2 is 1.96 bits per heavy atom. The van der Waals surface area contributed by atoms with Crippen LogP contribution in [0.1, 0.15) is 24.0 Å². The van der Waals surface area contributed by atoms with Crippen LogP contribution in [0.2, 0.25) is 0 Å². The van der Waals surface area contributed by atoms with E-state index in [1.54, 1.807) is 18.3 Å². The molecule has 1 heterocycles. The second-order valence-electron chi connectivity index (χ2n) is 6.21. The van der Waals surface area contributed by atoms with E-state index in [1.165, 1.54) is 12.1 Å². The summed E-state index contributed by atoms with van der Waals surface area (Å²) in [4.78, 5) is 12.0. The topological polar surface area (TPSA) is 56.1 Å². The largest absolute Gasteiger partial charge is 0.493 e. The number of rotatable bonds is 9. The summed E-state index contributed by atoms with van der Waals surface area (Å²) in [6.45, 7) is 1.55. The van der Waals surface area contributed by atoms with Gasteiger partial charge < -0.3 is 10.1 Å². The van der Waals surface area contributed by atoms with Gasteiger partial charge >= 0.3 is 0 Å². The van der Waals surface area contributed by atoms with Crippen LogP contribution in [-0.4, -0.2) is 22.3 Å². The van der Waals surface area contributed by atoms with E-state index in [2.05, 4.69) is 16.5 Å². The Morgan fingerprint density at radius 3 is 2.78 bits per heavy atom. The van der Waals surface area contributed by atoms with Crippen LogP contribution < -0.4 is 10.1 Å². The predicted octanol–water partition coefficient (Wildman–Crippen LogP) is 3.55. The summed E-state index contributed by atoms with van der Waals surface area (Å²) in [7, 11) is 0. The average molecular weight is 367 g/mol. The highest BCUT2D eigenvalue weighted by Gasteiger charge is 2.04. The first-order valence-corrected chi connectivity index (χ1v) is 8.89. The third-order valence-corrected chi connectivity index (χ3v) is 4.00. The zero-order chi connectivity index (χ0) is 18.9. The van der Waals surface area contributed by atoms with E-state index in [0.29, 0.717) is 38.3 Å². The van der Waals surface area contributed by atoms with E-state index >= 15 is 0 Å². The molecule has 27 heavy (non-hydrogen) atoms. The van der Waals surface area contributed by atoms with Gasteiger partial charge in [0.15, 0.2) is 0 Å². The van der Waals surface area contributed by atoms with Gasteiger partial charge in [-0.05, 0) is 35.7 Å². The minimum Gasteiger partial charge on any atom is -0.493 e. The van der Waals surface area contributed by atoms with E-state index in [1.807, 2.05) is 35.1 Å². The van der Waals surface area contributed by atoms with E-state index in [9.17, 15) is 9.18 Å². The maximum Gasteiger partial charge on any atom is 0.220 e. The summed E-state index contributed by atoms with van der Waals surface area (Å²) in [5.41, 5.74) is 2.18. The third-order valence-electron chi connectivity index (χ3n) is 4.00. The molecule has 0 unspecified atom stereocenters. The Kier molecular flexibility index (Phi) is 6.57. The number of carbonyl (C=O) groups is 1. The minimum atomic E-state index is -0.333. The van der Waals surface area contributed by atoms with Crippen molar-refractivity contribution in [2.45, 2.75) is 25.9 Å². The number of nitrogens with one attached hydrogen (secondary N) is 1. The Hall–Kier alpha value is -3.15. The van der Waals surface area contributed by atoms with Crippen LogP contribution in [0.25, 0.3) is 0 Å². The minimum absolute atomic E-state index is 0.0321. The lowest BCUT2D eigenvalue weighted by Gasteiger charge is -2.09. The van der Waals surface area contributed by atoms with Gasteiger partial charge in [0.05, 0.1) is 13.2 Å². The molecule has 6 heteroatoms. The van der Waals surface area contributed by atoms with Crippen LogP contribution >= 0.6 is 0 Å². The Labute approximate surface area is 157 Å². The molecule has 0 spiro atoms. The van der Waals surface area contributed by atoms with Gasteiger partial charge in [0.2, 0.25) is 5.91 Å². The van der Waals surface area contributed by atoms with Crippen LogP contribution in [0.15, 0.2) is 67.0 Å². The van der Waals surface area contributed by atoms with Crippen molar-refractivity contribution in [3.63, 3.8) is 0 Å². The van der Waals surface area contributed by atoms with Crippen molar-refractivity contribution in [1.29, 1.82) is 0 Å². The van der Waals surface area contributed by atoms with Gasteiger partial charge in [0.25, 0.3) is 0 Å². The standard InChI is InChI=1S/C21H22FN3O2/c22-19-7-2-8-20(14-19)27-12-3-9-21(26)23-15-17-5-1-6-18(13-17)16-25-11-4-10-24-25/h1-2,4-8,10-11,13-14H,3,9,12,15-16H2,(H,23,26). The van der Waals surface area contributed by atoms with Gasteiger partial charge in [-0.15, -0.1) is 0 Å². The summed E-state index contributed by atoms with van der Waals surface area (Å²) in [5, 5.41) is 7.11. The fourth-order valence-electron chi connectivity index (χ4n) is 2.69. The molecule has 0 saturated carbocycles. The molecule has 0 aliphatic heterocycles. The van der Waals surface area contributed by atoms with E-state index < -0.39 is 0 Å². The molecule has 140 valence electrons. The highest BCUT2D eigenvalue weighted by Crippen LogP contribution is 2.12.